The Morgan fingerprint density at radius 2 is 1.86 bits per heavy atom. The smallest absolute Gasteiger partial charge is 0.225 e. The number of benzene rings is 1. The first-order valence-corrected chi connectivity index (χ1v) is 12.8. The van der Waals surface area contributed by atoms with Gasteiger partial charge in [0.15, 0.2) is 11.5 Å². The van der Waals surface area contributed by atoms with Crippen molar-refractivity contribution in [2.75, 3.05) is 57.4 Å². The van der Waals surface area contributed by atoms with Crippen molar-refractivity contribution in [2.45, 2.75) is 6.54 Å². The Bertz CT molecular complexity index is 1490. The number of H-pyrrole nitrogens is 1. The van der Waals surface area contributed by atoms with Crippen molar-refractivity contribution in [2.24, 2.45) is 0 Å². The molecule has 11 nitrogen and oxygen atoms in total. The van der Waals surface area contributed by atoms with Crippen LogP contribution in [0.25, 0.3) is 27.8 Å². The third-order valence-electron chi connectivity index (χ3n) is 6.57. The van der Waals surface area contributed by atoms with E-state index < -0.39 is 10.3 Å². The molecule has 0 spiro atoms. The minimum absolute atomic E-state index is 0.665. The van der Waals surface area contributed by atoms with Crippen LogP contribution in [0, 0.1) is 0 Å². The minimum Gasteiger partial charge on any atom is -0.378 e. The molecule has 2 saturated heterocycles. The molecular weight excluding hydrogens is 468 g/mol. The number of fused-ring (bicyclic) bond motifs is 2. The number of imidazole rings is 1. The molecule has 0 atom stereocenters. The number of aromatic nitrogens is 5. The molecule has 35 heavy (non-hydrogen) atoms. The molecule has 0 saturated carbocycles. The van der Waals surface area contributed by atoms with Crippen molar-refractivity contribution < 1.29 is 13.2 Å². The average molecular weight is 495 g/mol. The number of nitrogens with one attached hydrogen (secondary N) is 1. The molecule has 0 unspecified atom stereocenters. The zero-order valence-electron chi connectivity index (χ0n) is 19.2. The maximum Gasteiger partial charge on any atom is 0.225 e. The highest BCUT2D eigenvalue weighted by molar-refractivity contribution is 7.71. The first kappa shape index (κ1) is 22.2. The number of morpholine rings is 1. The van der Waals surface area contributed by atoms with E-state index in [0.29, 0.717) is 32.8 Å². The normalized spacial score (nSPS) is 17.9. The molecular formula is C23H26N8O3S. The van der Waals surface area contributed by atoms with E-state index in [9.17, 15) is 8.42 Å². The van der Waals surface area contributed by atoms with Crippen molar-refractivity contribution >= 4 is 38.2 Å². The number of hydrogen-bond acceptors (Lipinski definition) is 8. The molecule has 6 rings (SSSR count). The lowest BCUT2D eigenvalue weighted by molar-refractivity contribution is 0.122. The van der Waals surface area contributed by atoms with Gasteiger partial charge in [-0.1, -0.05) is 12.1 Å². The summed E-state index contributed by atoms with van der Waals surface area (Å²) in [5, 5.41) is 8.28. The summed E-state index contributed by atoms with van der Waals surface area (Å²) in [5.74, 6) is 0.856. The number of aromatic amines is 1. The standard InChI is InChI=1S/C23H26N8O3S/c32-35(33)16-29-6-4-28(5-7-29)13-17-14-31-15-21(18-2-1-3-20-19(18)12-24-27-20)26-23(22(31)25-17)30-8-10-34-11-9-30/h1-3,12,14-16H,4-11,13H2,(H,24,27). The minimum atomic E-state index is -2.16. The molecule has 1 aromatic carbocycles. The Balaban J connectivity index is 1.35. The number of anilines is 1. The van der Waals surface area contributed by atoms with Crippen molar-refractivity contribution in [3.63, 3.8) is 0 Å². The fourth-order valence-electron chi connectivity index (χ4n) is 4.80. The quantitative estimate of drug-likeness (QED) is 0.404. The topological polar surface area (TPSA) is 112 Å². The summed E-state index contributed by atoms with van der Waals surface area (Å²) >= 11 is 0. The summed E-state index contributed by atoms with van der Waals surface area (Å²) in [6.45, 7) is 6.49. The second kappa shape index (κ2) is 9.38. The van der Waals surface area contributed by atoms with Crippen LogP contribution in [0.4, 0.5) is 5.82 Å². The Morgan fingerprint density at radius 1 is 1.03 bits per heavy atom. The van der Waals surface area contributed by atoms with E-state index in [0.717, 1.165) is 65.5 Å². The molecule has 0 bridgehead atoms. The van der Waals surface area contributed by atoms with Gasteiger partial charge in [0.25, 0.3) is 0 Å². The Hall–Kier alpha value is -3.32. The molecule has 2 fully saturated rings. The van der Waals surface area contributed by atoms with Gasteiger partial charge < -0.3 is 14.0 Å². The lowest BCUT2D eigenvalue weighted by Gasteiger charge is -2.31. The van der Waals surface area contributed by atoms with E-state index in [1.165, 1.54) is 5.49 Å². The fourth-order valence-corrected chi connectivity index (χ4v) is 5.25. The molecule has 0 aliphatic carbocycles. The van der Waals surface area contributed by atoms with Crippen LogP contribution in [0.3, 0.4) is 0 Å². The van der Waals surface area contributed by atoms with Gasteiger partial charge in [-0.3, -0.25) is 14.9 Å². The van der Waals surface area contributed by atoms with Gasteiger partial charge in [0.05, 0.1) is 36.3 Å². The highest BCUT2D eigenvalue weighted by atomic mass is 32.2. The molecule has 2 aliphatic rings. The summed E-state index contributed by atoms with van der Waals surface area (Å²) in [6, 6.07) is 6.09. The predicted octanol–water partition coefficient (Wildman–Crippen LogP) is 0.866. The third kappa shape index (κ3) is 4.52. The molecule has 0 amide bonds. The second-order valence-corrected chi connectivity index (χ2v) is 9.56. The monoisotopic (exact) mass is 494 g/mol. The molecule has 182 valence electrons. The number of piperazine rings is 1. The number of nitrogens with zero attached hydrogens (tertiary/aromatic N) is 7. The zero-order valence-corrected chi connectivity index (χ0v) is 20.0. The SMILES string of the molecule is O=S(=O)=CN1CCN(Cc2cn3cc(-c4cccc5[nH]ncc45)nc(N4CCOCC4)c3n2)CC1. The maximum atomic E-state index is 10.9. The summed E-state index contributed by atoms with van der Waals surface area (Å²) in [5.41, 5.74) is 5.92. The van der Waals surface area contributed by atoms with Gasteiger partial charge in [-0.05, 0) is 6.07 Å². The molecule has 5 heterocycles. The fraction of sp³-hybridized carbons (Fsp3) is 0.391. The highest BCUT2D eigenvalue weighted by Crippen LogP contribution is 2.30. The molecule has 12 heteroatoms. The van der Waals surface area contributed by atoms with E-state index >= 15 is 0 Å². The van der Waals surface area contributed by atoms with E-state index in [1.807, 2.05) is 29.4 Å². The van der Waals surface area contributed by atoms with E-state index in [2.05, 4.69) is 36.7 Å². The van der Waals surface area contributed by atoms with Gasteiger partial charge in [-0.25, -0.2) is 9.97 Å². The van der Waals surface area contributed by atoms with Crippen LogP contribution in [-0.2, 0) is 21.6 Å². The second-order valence-electron chi connectivity index (χ2n) is 8.83. The largest absolute Gasteiger partial charge is 0.378 e. The van der Waals surface area contributed by atoms with Gasteiger partial charge in [-0.2, -0.15) is 13.5 Å². The van der Waals surface area contributed by atoms with Gasteiger partial charge in [-0.15, -0.1) is 0 Å². The number of ether oxygens (including phenoxy) is 1. The van der Waals surface area contributed by atoms with Crippen molar-refractivity contribution in [1.29, 1.82) is 0 Å². The molecule has 0 radical (unpaired) electrons. The van der Waals surface area contributed by atoms with E-state index in [1.54, 1.807) is 0 Å². The van der Waals surface area contributed by atoms with Gasteiger partial charge >= 0.3 is 0 Å². The molecule has 3 aromatic heterocycles. The van der Waals surface area contributed by atoms with Crippen LogP contribution in [-0.4, -0.2) is 101 Å². The van der Waals surface area contributed by atoms with E-state index in [4.69, 9.17) is 14.7 Å². The molecule has 2 aliphatic heterocycles. The first-order valence-electron chi connectivity index (χ1n) is 11.7. The van der Waals surface area contributed by atoms with Crippen LogP contribution < -0.4 is 4.90 Å². The van der Waals surface area contributed by atoms with Crippen LogP contribution in [0.5, 0.6) is 0 Å². The third-order valence-corrected chi connectivity index (χ3v) is 7.04. The molecule has 4 aromatic rings. The maximum absolute atomic E-state index is 10.9. The van der Waals surface area contributed by atoms with Gasteiger partial charge in [0.1, 0.15) is 5.49 Å². The summed E-state index contributed by atoms with van der Waals surface area (Å²) in [4.78, 5) is 16.4. The lowest BCUT2D eigenvalue weighted by Crippen LogP contribution is -2.45. The Morgan fingerprint density at radius 3 is 2.66 bits per heavy atom. The van der Waals surface area contributed by atoms with Crippen molar-refractivity contribution in [3.8, 4) is 11.3 Å². The lowest BCUT2D eigenvalue weighted by atomic mass is 10.1. The van der Waals surface area contributed by atoms with E-state index in [-0.39, 0.29) is 0 Å². The van der Waals surface area contributed by atoms with Gasteiger partial charge in [0.2, 0.25) is 10.3 Å². The summed E-state index contributed by atoms with van der Waals surface area (Å²) in [7, 11) is -2.16. The number of rotatable bonds is 5. The summed E-state index contributed by atoms with van der Waals surface area (Å²) < 4.78 is 29.5. The van der Waals surface area contributed by atoms with Crippen LogP contribution in [0.1, 0.15) is 5.69 Å². The Kier molecular flexibility index (Phi) is 5.94. The van der Waals surface area contributed by atoms with Crippen LogP contribution in [0.2, 0.25) is 0 Å². The highest BCUT2D eigenvalue weighted by Gasteiger charge is 2.22. The average Bonchev–Trinajstić information content (AvgIpc) is 3.51. The predicted molar refractivity (Wildman–Crippen MR) is 133 cm³/mol. The van der Waals surface area contributed by atoms with Crippen LogP contribution >= 0.6 is 0 Å². The van der Waals surface area contributed by atoms with Gasteiger partial charge in [0, 0.05) is 69.2 Å². The van der Waals surface area contributed by atoms with Crippen LogP contribution in [0.15, 0.2) is 36.8 Å². The van der Waals surface area contributed by atoms with Crippen molar-refractivity contribution in [1.82, 2.24) is 34.4 Å². The summed E-state index contributed by atoms with van der Waals surface area (Å²) in [6.07, 6.45) is 5.95. The first-order chi connectivity index (χ1) is 17.1. The number of hydrogen-bond donors (Lipinski definition) is 1. The Labute approximate surface area is 203 Å². The zero-order chi connectivity index (χ0) is 23.8. The molecule has 1 N–H and O–H groups in total. The van der Waals surface area contributed by atoms with Crippen molar-refractivity contribution in [3.05, 3.63) is 42.5 Å².